The standard InChI is InChI=1S/C42H24N2O8/c45-23-13-9-21(10-14-23)41(51)43-31-19-17-25(33-35(31)39(49)29-7-3-1-5-27(29)37(33)47)26-18-20-32(44-42(52)22-11-15-24(46)16-12-22)36-34(26)38(48)28-6-2-4-8-30(28)40(36)50/h1-20,45-46H,(H,43,51)(H,44,52). The second-order valence-corrected chi connectivity index (χ2v) is 12.2. The van der Waals surface area contributed by atoms with E-state index in [2.05, 4.69) is 10.6 Å². The minimum absolute atomic E-state index is 0.0411. The van der Waals surface area contributed by atoms with Gasteiger partial charge in [0.15, 0.2) is 23.1 Å². The summed E-state index contributed by atoms with van der Waals surface area (Å²) in [5.41, 5.74) is 0.974. The summed E-state index contributed by atoms with van der Waals surface area (Å²) in [6, 6.07) is 29.5. The molecule has 0 saturated heterocycles. The molecule has 2 aliphatic carbocycles. The van der Waals surface area contributed by atoms with Gasteiger partial charge in [0.2, 0.25) is 0 Å². The highest BCUT2D eigenvalue weighted by Gasteiger charge is 2.38. The van der Waals surface area contributed by atoms with Crippen molar-refractivity contribution >= 4 is 46.3 Å². The van der Waals surface area contributed by atoms with Gasteiger partial charge in [0, 0.05) is 44.5 Å². The number of hydrogen-bond acceptors (Lipinski definition) is 8. The monoisotopic (exact) mass is 684 g/mol. The molecule has 6 aromatic carbocycles. The van der Waals surface area contributed by atoms with Gasteiger partial charge in [0.05, 0.1) is 22.5 Å². The Bertz CT molecular complexity index is 2410. The highest BCUT2D eigenvalue weighted by molar-refractivity contribution is 6.35. The minimum Gasteiger partial charge on any atom is -0.508 e. The van der Waals surface area contributed by atoms with E-state index in [0.717, 1.165) is 0 Å². The number of ketones is 4. The molecule has 10 heteroatoms. The maximum absolute atomic E-state index is 14.4. The average molecular weight is 685 g/mol. The maximum atomic E-state index is 14.4. The van der Waals surface area contributed by atoms with Crippen molar-refractivity contribution in [2.24, 2.45) is 0 Å². The summed E-state index contributed by atoms with van der Waals surface area (Å²) in [5.74, 6) is -3.42. The molecule has 250 valence electrons. The number of rotatable bonds is 5. The van der Waals surface area contributed by atoms with Crippen molar-refractivity contribution in [3.05, 3.63) is 177 Å². The molecule has 0 fully saturated rings. The molecule has 4 N–H and O–H groups in total. The van der Waals surface area contributed by atoms with Crippen molar-refractivity contribution in [1.82, 2.24) is 0 Å². The smallest absolute Gasteiger partial charge is 0.255 e. The molecule has 6 aromatic rings. The molecule has 2 amide bonds. The summed E-state index contributed by atoms with van der Waals surface area (Å²) >= 11 is 0. The van der Waals surface area contributed by atoms with Crippen LogP contribution in [0, 0.1) is 0 Å². The summed E-state index contributed by atoms with van der Waals surface area (Å²) in [6.07, 6.45) is 0. The zero-order valence-corrected chi connectivity index (χ0v) is 26.9. The van der Waals surface area contributed by atoms with Crippen LogP contribution in [0.3, 0.4) is 0 Å². The molecular formula is C42H24N2O8. The minimum atomic E-state index is -0.599. The van der Waals surface area contributed by atoms with E-state index >= 15 is 0 Å². The number of hydrogen-bond donors (Lipinski definition) is 4. The molecule has 0 aliphatic heterocycles. The second-order valence-electron chi connectivity index (χ2n) is 12.2. The van der Waals surface area contributed by atoms with Gasteiger partial charge in [-0.2, -0.15) is 0 Å². The van der Waals surface area contributed by atoms with Gasteiger partial charge in [-0.15, -0.1) is 0 Å². The average Bonchev–Trinajstić information content (AvgIpc) is 3.16. The Morgan fingerprint density at radius 2 is 0.673 bits per heavy atom. The van der Waals surface area contributed by atoms with Crippen molar-refractivity contribution in [3.8, 4) is 22.6 Å². The summed E-state index contributed by atoms with van der Waals surface area (Å²) in [4.78, 5) is 83.8. The van der Waals surface area contributed by atoms with Crippen LogP contribution in [0.1, 0.15) is 84.4 Å². The van der Waals surface area contributed by atoms with Gasteiger partial charge in [-0.3, -0.25) is 28.8 Å². The van der Waals surface area contributed by atoms with Crippen LogP contribution in [0.25, 0.3) is 11.1 Å². The van der Waals surface area contributed by atoms with Crippen LogP contribution in [0.15, 0.2) is 121 Å². The first-order chi connectivity index (χ1) is 25.1. The Hall–Kier alpha value is -7.46. The van der Waals surface area contributed by atoms with Crippen LogP contribution in [0.4, 0.5) is 11.4 Å². The molecule has 2 aliphatic rings. The number of anilines is 2. The zero-order valence-electron chi connectivity index (χ0n) is 26.9. The summed E-state index contributed by atoms with van der Waals surface area (Å²) in [6.45, 7) is 0. The fourth-order valence-corrected chi connectivity index (χ4v) is 6.72. The molecule has 52 heavy (non-hydrogen) atoms. The van der Waals surface area contributed by atoms with Gasteiger partial charge in [-0.05, 0) is 71.8 Å². The molecule has 0 heterocycles. The van der Waals surface area contributed by atoms with E-state index < -0.39 is 34.9 Å². The van der Waals surface area contributed by atoms with Crippen molar-refractivity contribution in [3.63, 3.8) is 0 Å². The van der Waals surface area contributed by atoms with Crippen LogP contribution in [0.2, 0.25) is 0 Å². The van der Waals surface area contributed by atoms with E-state index in [1.807, 2.05) is 0 Å². The van der Waals surface area contributed by atoms with Crippen LogP contribution in [-0.2, 0) is 0 Å². The SMILES string of the molecule is O=C(Nc1ccc(-c2ccc(NC(=O)c3ccc(O)cc3)c3c2C(=O)c2ccccc2C3=O)c2c1C(=O)c1ccccc1C2=O)c1ccc(O)cc1. The molecule has 0 atom stereocenters. The van der Waals surface area contributed by atoms with Crippen LogP contribution in [0.5, 0.6) is 11.5 Å². The van der Waals surface area contributed by atoms with E-state index in [4.69, 9.17) is 0 Å². The summed E-state index contributed by atoms with van der Waals surface area (Å²) in [7, 11) is 0. The van der Waals surface area contributed by atoms with Crippen molar-refractivity contribution in [2.75, 3.05) is 10.6 Å². The number of nitrogens with one attached hydrogen (secondary N) is 2. The Kier molecular flexibility index (Phi) is 7.42. The lowest BCUT2D eigenvalue weighted by atomic mass is 9.75. The van der Waals surface area contributed by atoms with Crippen LogP contribution in [-0.4, -0.2) is 45.2 Å². The van der Waals surface area contributed by atoms with Crippen LogP contribution >= 0.6 is 0 Å². The maximum Gasteiger partial charge on any atom is 0.255 e. The highest BCUT2D eigenvalue weighted by atomic mass is 16.3. The third kappa shape index (κ3) is 5.05. The van der Waals surface area contributed by atoms with Crippen molar-refractivity contribution in [2.45, 2.75) is 0 Å². The number of fused-ring (bicyclic) bond motifs is 4. The third-order valence-electron chi connectivity index (χ3n) is 9.20. The Morgan fingerprint density at radius 3 is 1.00 bits per heavy atom. The van der Waals surface area contributed by atoms with Crippen molar-refractivity contribution in [1.29, 1.82) is 0 Å². The van der Waals surface area contributed by atoms with E-state index in [9.17, 15) is 39.0 Å². The number of amides is 2. The van der Waals surface area contributed by atoms with E-state index in [1.54, 1.807) is 24.3 Å². The zero-order chi connectivity index (χ0) is 36.3. The van der Waals surface area contributed by atoms with Gasteiger partial charge in [0.25, 0.3) is 11.8 Å². The molecule has 10 nitrogen and oxygen atoms in total. The lowest BCUT2D eigenvalue weighted by Gasteiger charge is -2.26. The summed E-state index contributed by atoms with van der Waals surface area (Å²) in [5, 5.41) is 24.8. The summed E-state index contributed by atoms with van der Waals surface area (Å²) < 4.78 is 0. The fourth-order valence-electron chi connectivity index (χ4n) is 6.72. The predicted octanol–water partition coefficient (Wildman–Crippen LogP) is 6.82. The Labute approximate surface area is 295 Å². The van der Waals surface area contributed by atoms with E-state index in [-0.39, 0.29) is 89.6 Å². The lowest BCUT2D eigenvalue weighted by molar-refractivity contribution is 0.0977. The first-order valence-corrected chi connectivity index (χ1v) is 16.0. The molecule has 0 bridgehead atoms. The highest BCUT2D eigenvalue weighted by Crippen LogP contribution is 2.44. The fraction of sp³-hybridized carbons (Fsp3) is 0. The molecule has 8 rings (SSSR count). The number of phenolic OH excluding ortho intramolecular Hbond substituents is 2. The molecule has 0 spiro atoms. The normalized spacial score (nSPS) is 12.7. The largest absolute Gasteiger partial charge is 0.508 e. The predicted molar refractivity (Wildman–Crippen MR) is 191 cm³/mol. The number of phenols is 2. The number of carbonyl (C=O) groups excluding carboxylic acids is 6. The molecule has 0 unspecified atom stereocenters. The Balaban J connectivity index is 1.33. The first-order valence-electron chi connectivity index (χ1n) is 16.0. The van der Waals surface area contributed by atoms with E-state index in [1.165, 1.54) is 97.1 Å². The van der Waals surface area contributed by atoms with Crippen molar-refractivity contribution < 1.29 is 39.0 Å². The van der Waals surface area contributed by atoms with E-state index in [0.29, 0.717) is 0 Å². The van der Waals surface area contributed by atoms with Crippen LogP contribution < -0.4 is 10.6 Å². The topological polar surface area (TPSA) is 167 Å². The first kappa shape index (κ1) is 31.8. The molecular weight excluding hydrogens is 660 g/mol. The molecule has 0 aromatic heterocycles. The number of aromatic hydroxyl groups is 2. The van der Waals surface area contributed by atoms with Gasteiger partial charge in [-0.25, -0.2) is 0 Å². The van der Waals surface area contributed by atoms with Gasteiger partial charge < -0.3 is 20.8 Å². The second kappa shape index (κ2) is 12.1. The Morgan fingerprint density at radius 1 is 0.365 bits per heavy atom. The number of carbonyl (C=O) groups is 6. The van der Waals surface area contributed by atoms with Gasteiger partial charge >= 0.3 is 0 Å². The third-order valence-corrected chi connectivity index (χ3v) is 9.20. The van der Waals surface area contributed by atoms with Gasteiger partial charge in [-0.1, -0.05) is 60.7 Å². The number of benzene rings is 6. The molecule has 0 radical (unpaired) electrons. The molecule has 0 saturated carbocycles. The van der Waals surface area contributed by atoms with Gasteiger partial charge in [0.1, 0.15) is 11.5 Å². The quantitative estimate of drug-likeness (QED) is 0.153. The lowest BCUT2D eigenvalue weighted by Crippen LogP contribution is -2.27.